The lowest BCUT2D eigenvalue weighted by molar-refractivity contribution is -0.150. The van der Waals surface area contributed by atoms with Crippen molar-refractivity contribution >= 4 is 11.9 Å². The fourth-order valence-corrected chi connectivity index (χ4v) is 2.51. The lowest BCUT2D eigenvalue weighted by Crippen LogP contribution is -2.39. The van der Waals surface area contributed by atoms with E-state index in [1.165, 1.54) is 4.90 Å². The van der Waals surface area contributed by atoms with Crippen molar-refractivity contribution in [1.82, 2.24) is 4.90 Å². The molecule has 1 amide bonds. The number of carboxylic acid groups (broad SMARTS) is 1. The monoisotopic (exact) mass is 291 g/mol. The van der Waals surface area contributed by atoms with Crippen molar-refractivity contribution in [3.8, 4) is 0 Å². The predicted octanol–water partition coefficient (Wildman–Crippen LogP) is 2.37. The Morgan fingerprint density at radius 3 is 2.62 bits per heavy atom. The lowest BCUT2D eigenvalue weighted by Gasteiger charge is -2.20. The first kappa shape index (κ1) is 15.2. The van der Waals surface area contributed by atoms with Gasteiger partial charge in [0.15, 0.2) is 0 Å². The number of amides is 1. The molecule has 21 heavy (non-hydrogen) atoms. The first-order chi connectivity index (χ1) is 9.96. The number of allylic oxidation sites excluding steroid dienone is 1. The van der Waals surface area contributed by atoms with Gasteiger partial charge in [0.2, 0.25) is 11.6 Å². The van der Waals surface area contributed by atoms with E-state index in [2.05, 4.69) is 6.58 Å². The van der Waals surface area contributed by atoms with Crippen LogP contribution in [0.5, 0.6) is 0 Å². The number of hydrogen-bond donors (Lipinski definition) is 1. The van der Waals surface area contributed by atoms with Crippen LogP contribution >= 0.6 is 0 Å². The average molecular weight is 291 g/mol. The van der Waals surface area contributed by atoms with E-state index in [0.717, 1.165) is 5.56 Å². The molecule has 0 radical (unpaired) electrons. The minimum atomic E-state index is -2.31. The molecular formula is C16H18FNO3. The van der Waals surface area contributed by atoms with Gasteiger partial charge in [0, 0.05) is 25.3 Å². The first-order valence-corrected chi connectivity index (χ1v) is 6.84. The van der Waals surface area contributed by atoms with Crippen molar-refractivity contribution < 1.29 is 19.1 Å². The number of nitrogens with zero attached hydrogens (tertiary/aromatic N) is 1. The molecule has 1 aliphatic heterocycles. The number of carbonyl (C=O) groups is 2. The van der Waals surface area contributed by atoms with Crippen molar-refractivity contribution in [3.05, 3.63) is 48.6 Å². The van der Waals surface area contributed by atoms with Crippen LogP contribution in [0.2, 0.25) is 0 Å². The molecule has 112 valence electrons. The number of aliphatic carboxylic acids is 1. The van der Waals surface area contributed by atoms with Crippen LogP contribution in [0, 0.1) is 0 Å². The largest absolute Gasteiger partial charge is 0.479 e. The van der Waals surface area contributed by atoms with Gasteiger partial charge in [-0.05, 0) is 5.56 Å². The van der Waals surface area contributed by atoms with Crippen LogP contribution in [0.1, 0.15) is 24.3 Å². The first-order valence-electron chi connectivity index (χ1n) is 6.84. The van der Waals surface area contributed by atoms with Crippen LogP contribution in [0.15, 0.2) is 43.0 Å². The predicted molar refractivity (Wildman–Crippen MR) is 76.7 cm³/mol. The maximum atomic E-state index is 14.0. The van der Waals surface area contributed by atoms with Gasteiger partial charge in [-0.15, -0.1) is 6.58 Å². The summed E-state index contributed by atoms with van der Waals surface area (Å²) in [6.07, 6.45) is 1.70. The highest BCUT2D eigenvalue weighted by atomic mass is 19.1. The Labute approximate surface area is 122 Å². The quantitative estimate of drug-likeness (QED) is 0.847. The molecule has 1 fully saturated rings. The van der Waals surface area contributed by atoms with Gasteiger partial charge in [-0.1, -0.05) is 36.4 Å². The molecule has 0 saturated carbocycles. The maximum Gasteiger partial charge on any atom is 0.343 e. The third-order valence-electron chi connectivity index (χ3n) is 3.86. The zero-order valence-corrected chi connectivity index (χ0v) is 11.7. The van der Waals surface area contributed by atoms with E-state index < -0.39 is 11.6 Å². The Hall–Kier alpha value is -2.17. The van der Waals surface area contributed by atoms with E-state index in [1.807, 2.05) is 30.3 Å². The molecule has 1 aromatic rings. The molecule has 2 unspecified atom stereocenters. The Morgan fingerprint density at radius 2 is 2.10 bits per heavy atom. The fraction of sp³-hybridized carbons (Fsp3) is 0.375. The van der Waals surface area contributed by atoms with Crippen LogP contribution in [-0.2, 0) is 9.59 Å². The van der Waals surface area contributed by atoms with Crippen LogP contribution < -0.4 is 0 Å². The van der Waals surface area contributed by atoms with Crippen LogP contribution in [0.4, 0.5) is 4.39 Å². The van der Waals surface area contributed by atoms with Gasteiger partial charge in [-0.25, -0.2) is 9.18 Å². The third kappa shape index (κ3) is 3.29. The normalized spacial score (nSPS) is 22.8. The van der Waals surface area contributed by atoms with Crippen LogP contribution in [-0.4, -0.2) is 40.6 Å². The number of hydrogen-bond acceptors (Lipinski definition) is 2. The lowest BCUT2D eigenvalue weighted by atomic mass is 9.95. The summed E-state index contributed by atoms with van der Waals surface area (Å²) in [4.78, 5) is 24.4. The Balaban J connectivity index is 2.02. The minimum Gasteiger partial charge on any atom is -0.479 e. The highest BCUT2D eigenvalue weighted by Gasteiger charge is 2.46. The van der Waals surface area contributed by atoms with Gasteiger partial charge in [-0.3, -0.25) is 4.79 Å². The van der Waals surface area contributed by atoms with Gasteiger partial charge < -0.3 is 10.0 Å². The molecule has 0 aromatic heterocycles. The van der Waals surface area contributed by atoms with Gasteiger partial charge in [0.25, 0.3) is 0 Å². The molecule has 0 bridgehead atoms. The van der Waals surface area contributed by atoms with E-state index in [0.29, 0.717) is 0 Å². The van der Waals surface area contributed by atoms with Gasteiger partial charge >= 0.3 is 5.97 Å². The number of carboxylic acids is 1. The minimum absolute atomic E-state index is 0.139. The Morgan fingerprint density at radius 1 is 1.43 bits per heavy atom. The highest BCUT2D eigenvalue weighted by molar-refractivity contribution is 5.82. The molecule has 1 N–H and O–H groups in total. The summed E-state index contributed by atoms with van der Waals surface area (Å²) in [6, 6.07) is 9.45. The summed E-state index contributed by atoms with van der Waals surface area (Å²) in [6.45, 7) is 3.50. The molecule has 2 atom stereocenters. The summed E-state index contributed by atoms with van der Waals surface area (Å²) >= 11 is 0. The van der Waals surface area contributed by atoms with Crippen molar-refractivity contribution in [2.24, 2.45) is 0 Å². The summed E-state index contributed by atoms with van der Waals surface area (Å²) in [7, 11) is 0. The molecule has 4 nitrogen and oxygen atoms in total. The molecule has 1 aliphatic rings. The zero-order chi connectivity index (χ0) is 15.5. The highest BCUT2D eigenvalue weighted by Crippen LogP contribution is 2.28. The SMILES string of the molecule is C=CC(CC(=O)N1CCC(F)(C(=O)O)C1)c1ccccc1. The second-order valence-electron chi connectivity index (χ2n) is 5.29. The molecular weight excluding hydrogens is 273 g/mol. The average Bonchev–Trinajstić information content (AvgIpc) is 2.89. The smallest absolute Gasteiger partial charge is 0.343 e. The second kappa shape index (κ2) is 6.08. The Bertz CT molecular complexity index is 546. The van der Waals surface area contributed by atoms with E-state index >= 15 is 0 Å². The van der Waals surface area contributed by atoms with Crippen molar-refractivity contribution in [2.75, 3.05) is 13.1 Å². The molecule has 1 aromatic carbocycles. The van der Waals surface area contributed by atoms with Crippen molar-refractivity contribution in [3.63, 3.8) is 0 Å². The topological polar surface area (TPSA) is 57.6 Å². The van der Waals surface area contributed by atoms with Crippen LogP contribution in [0.3, 0.4) is 0 Å². The number of alkyl halides is 1. The van der Waals surface area contributed by atoms with Gasteiger partial charge in [0.05, 0.1) is 6.54 Å². The Kier molecular flexibility index (Phi) is 4.40. The summed E-state index contributed by atoms with van der Waals surface area (Å²) in [5.74, 6) is -1.90. The van der Waals surface area contributed by atoms with E-state index in [1.54, 1.807) is 6.08 Å². The van der Waals surface area contributed by atoms with E-state index in [-0.39, 0.29) is 37.8 Å². The number of benzene rings is 1. The fourth-order valence-electron chi connectivity index (χ4n) is 2.51. The number of carbonyl (C=O) groups excluding carboxylic acids is 1. The van der Waals surface area contributed by atoms with E-state index in [4.69, 9.17) is 5.11 Å². The number of rotatable bonds is 5. The molecule has 5 heteroatoms. The molecule has 1 heterocycles. The van der Waals surface area contributed by atoms with E-state index in [9.17, 15) is 14.0 Å². The van der Waals surface area contributed by atoms with Crippen LogP contribution in [0.25, 0.3) is 0 Å². The van der Waals surface area contributed by atoms with Crippen molar-refractivity contribution in [1.29, 1.82) is 0 Å². The molecule has 1 saturated heterocycles. The summed E-state index contributed by atoms with van der Waals surface area (Å²) < 4.78 is 14.0. The summed E-state index contributed by atoms with van der Waals surface area (Å²) in [5.41, 5.74) is -1.35. The maximum absolute atomic E-state index is 14.0. The third-order valence-corrected chi connectivity index (χ3v) is 3.86. The van der Waals surface area contributed by atoms with Gasteiger partial charge in [-0.2, -0.15) is 0 Å². The van der Waals surface area contributed by atoms with Crippen molar-refractivity contribution in [2.45, 2.75) is 24.4 Å². The van der Waals surface area contributed by atoms with Gasteiger partial charge in [0.1, 0.15) is 0 Å². The standard InChI is InChI=1S/C16H18FNO3/c1-2-12(13-6-4-3-5-7-13)10-14(19)18-9-8-16(17,11-18)15(20)21/h2-7,12H,1,8-11H2,(H,20,21). The second-order valence-corrected chi connectivity index (χ2v) is 5.29. The molecule has 0 spiro atoms. The number of halogens is 1. The zero-order valence-electron chi connectivity index (χ0n) is 11.7. The molecule has 2 rings (SSSR count). The molecule has 0 aliphatic carbocycles. The number of likely N-dealkylation sites (tertiary alicyclic amines) is 1. The summed E-state index contributed by atoms with van der Waals surface area (Å²) in [5, 5.41) is 8.85.